The number of para-hydroxylation sites is 1. The second kappa shape index (κ2) is 8.02. The highest BCUT2D eigenvalue weighted by Gasteiger charge is 2.14. The molecule has 0 aliphatic heterocycles. The van der Waals surface area contributed by atoms with E-state index in [1.165, 1.54) is 6.20 Å². The number of amides is 1. The van der Waals surface area contributed by atoms with Crippen molar-refractivity contribution in [3.63, 3.8) is 0 Å². The molecule has 0 bridgehead atoms. The van der Waals surface area contributed by atoms with E-state index >= 15 is 0 Å². The van der Waals surface area contributed by atoms with Crippen LogP contribution >= 0.6 is 0 Å². The lowest BCUT2D eigenvalue weighted by Crippen LogP contribution is -2.12. The summed E-state index contributed by atoms with van der Waals surface area (Å²) in [6.45, 7) is 0.629. The molecule has 2 N–H and O–H groups in total. The van der Waals surface area contributed by atoms with E-state index in [9.17, 15) is 4.79 Å². The van der Waals surface area contributed by atoms with Crippen molar-refractivity contribution in [3.05, 3.63) is 84.2 Å². The molecular formula is C22H22N6O. The number of carbonyl (C=O) groups is 1. The quantitative estimate of drug-likeness (QED) is 0.529. The number of nitrogens with zero attached hydrogens (tertiary/aromatic N) is 4. The number of hydrogen-bond donors (Lipinski definition) is 2. The number of benzene rings is 2. The molecule has 0 aliphatic carbocycles. The Balaban J connectivity index is 1.52. The van der Waals surface area contributed by atoms with Crippen LogP contribution in [0.3, 0.4) is 0 Å². The van der Waals surface area contributed by atoms with Crippen molar-refractivity contribution in [2.45, 2.75) is 6.54 Å². The molecule has 2 heterocycles. The van der Waals surface area contributed by atoms with Gasteiger partial charge in [0, 0.05) is 38.2 Å². The fraction of sp³-hybridized carbons (Fsp3) is 0.136. The summed E-state index contributed by atoms with van der Waals surface area (Å²) in [5, 5.41) is 10.4. The van der Waals surface area contributed by atoms with Crippen molar-refractivity contribution >= 4 is 28.7 Å². The molecule has 29 heavy (non-hydrogen) atoms. The van der Waals surface area contributed by atoms with E-state index in [1.807, 2.05) is 56.6 Å². The predicted molar refractivity (Wildman–Crippen MR) is 115 cm³/mol. The van der Waals surface area contributed by atoms with Gasteiger partial charge < -0.3 is 15.5 Å². The molecule has 1 amide bonds. The average Bonchev–Trinajstić information content (AvgIpc) is 3.16. The molecule has 0 atom stereocenters. The van der Waals surface area contributed by atoms with Gasteiger partial charge >= 0.3 is 0 Å². The maximum Gasteiger partial charge on any atom is 0.261 e. The van der Waals surface area contributed by atoms with Crippen LogP contribution in [-0.2, 0) is 6.54 Å². The molecule has 4 aromatic rings. The predicted octanol–water partition coefficient (Wildman–Crippen LogP) is 3.66. The number of anilines is 3. The summed E-state index contributed by atoms with van der Waals surface area (Å²) in [6.07, 6.45) is 3.32. The molecule has 7 nitrogen and oxygen atoms in total. The smallest absolute Gasteiger partial charge is 0.261 e. The lowest BCUT2D eigenvalue weighted by Gasteiger charge is -2.14. The SMILES string of the molecule is CN(C)c1cccc(CNc2ccn3ncc(C(=O)Nc4ccccc4)c3n2)c1. The van der Waals surface area contributed by atoms with Gasteiger partial charge in [-0.15, -0.1) is 0 Å². The van der Waals surface area contributed by atoms with Crippen LogP contribution in [0, 0.1) is 0 Å². The zero-order chi connectivity index (χ0) is 20.2. The van der Waals surface area contributed by atoms with Crippen molar-refractivity contribution in [1.29, 1.82) is 0 Å². The van der Waals surface area contributed by atoms with E-state index in [0.717, 1.165) is 16.9 Å². The monoisotopic (exact) mass is 386 g/mol. The zero-order valence-corrected chi connectivity index (χ0v) is 16.3. The Hall–Kier alpha value is -3.87. The molecule has 0 saturated carbocycles. The molecule has 146 valence electrons. The van der Waals surface area contributed by atoms with Gasteiger partial charge in [0.25, 0.3) is 5.91 Å². The number of aromatic nitrogens is 3. The van der Waals surface area contributed by atoms with Crippen LogP contribution < -0.4 is 15.5 Å². The summed E-state index contributed by atoms with van der Waals surface area (Å²) in [5.41, 5.74) is 3.95. The van der Waals surface area contributed by atoms with E-state index in [0.29, 0.717) is 23.6 Å². The fourth-order valence-corrected chi connectivity index (χ4v) is 2.98. The molecule has 0 spiro atoms. The largest absolute Gasteiger partial charge is 0.378 e. The topological polar surface area (TPSA) is 74.6 Å². The molecule has 0 saturated heterocycles. The highest BCUT2D eigenvalue weighted by atomic mass is 16.1. The van der Waals surface area contributed by atoms with Crippen molar-refractivity contribution in [2.75, 3.05) is 29.6 Å². The van der Waals surface area contributed by atoms with Gasteiger partial charge in [0.15, 0.2) is 5.65 Å². The molecule has 0 unspecified atom stereocenters. The minimum Gasteiger partial charge on any atom is -0.378 e. The third-order valence-corrected chi connectivity index (χ3v) is 4.55. The molecule has 7 heteroatoms. The second-order valence-corrected chi connectivity index (χ2v) is 6.88. The Morgan fingerprint density at radius 3 is 2.69 bits per heavy atom. The lowest BCUT2D eigenvalue weighted by molar-refractivity contribution is 0.102. The zero-order valence-electron chi connectivity index (χ0n) is 16.3. The van der Waals surface area contributed by atoms with E-state index in [-0.39, 0.29) is 5.91 Å². The van der Waals surface area contributed by atoms with Crippen LogP contribution in [0.2, 0.25) is 0 Å². The van der Waals surface area contributed by atoms with Crippen LogP contribution in [0.15, 0.2) is 73.1 Å². The van der Waals surface area contributed by atoms with Crippen LogP contribution in [0.1, 0.15) is 15.9 Å². The molecule has 0 aliphatic rings. The third kappa shape index (κ3) is 4.19. The highest BCUT2D eigenvalue weighted by molar-refractivity contribution is 6.08. The van der Waals surface area contributed by atoms with Crippen molar-refractivity contribution in [2.24, 2.45) is 0 Å². The van der Waals surface area contributed by atoms with Gasteiger partial charge in [0.05, 0.1) is 6.20 Å². The van der Waals surface area contributed by atoms with E-state index < -0.39 is 0 Å². The third-order valence-electron chi connectivity index (χ3n) is 4.55. The van der Waals surface area contributed by atoms with Gasteiger partial charge in [-0.1, -0.05) is 30.3 Å². The summed E-state index contributed by atoms with van der Waals surface area (Å²) < 4.78 is 1.59. The maximum absolute atomic E-state index is 12.7. The Labute approximate surface area is 169 Å². The summed E-state index contributed by atoms with van der Waals surface area (Å²) in [7, 11) is 4.04. The number of fused-ring (bicyclic) bond motifs is 1. The molecular weight excluding hydrogens is 364 g/mol. The molecule has 4 rings (SSSR count). The van der Waals surface area contributed by atoms with E-state index in [1.54, 1.807) is 10.7 Å². The number of carbonyl (C=O) groups excluding carboxylic acids is 1. The summed E-state index contributed by atoms with van der Waals surface area (Å²) in [5.74, 6) is 0.441. The molecule has 0 radical (unpaired) electrons. The highest BCUT2D eigenvalue weighted by Crippen LogP contribution is 2.17. The number of hydrogen-bond acceptors (Lipinski definition) is 5. The van der Waals surface area contributed by atoms with Gasteiger partial charge in [-0.05, 0) is 35.9 Å². The Morgan fingerprint density at radius 2 is 1.90 bits per heavy atom. The first-order valence-corrected chi connectivity index (χ1v) is 9.31. The van der Waals surface area contributed by atoms with Crippen molar-refractivity contribution in [3.8, 4) is 0 Å². The van der Waals surface area contributed by atoms with Crippen molar-refractivity contribution < 1.29 is 4.79 Å². The van der Waals surface area contributed by atoms with Gasteiger partial charge in [-0.3, -0.25) is 4.79 Å². The lowest BCUT2D eigenvalue weighted by atomic mass is 10.2. The van der Waals surface area contributed by atoms with Crippen molar-refractivity contribution in [1.82, 2.24) is 14.6 Å². The molecule has 2 aromatic carbocycles. The summed E-state index contributed by atoms with van der Waals surface area (Å²) >= 11 is 0. The van der Waals surface area contributed by atoms with Gasteiger partial charge in [0.1, 0.15) is 11.4 Å². The first-order chi connectivity index (χ1) is 14.1. The van der Waals surface area contributed by atoms with Crippen LogP contribution in [0.4, 0.5) is 17.2 Å². The van der Waals surface area contributed by atoms with Crippen LogP contribution in [0.5, 0.6) is 0 Å². The van der Waals surface area contributed by atoms with E-state index in [2.05, 4.69) is 43.8 Å². The Bertz CT molecular complexity index is 1140. The van der Waals surface area contributed by atoms with Gasteiger partial charge in [-0.2, -0.15) is 5.10 Å². The normalized spacial score (nSPS) is 10.7. The van der Waals surface area contributed by atoms with E-state index in [4.69, 9.17) is 0 Å². The summed E-state index contributed by atoms with van der Waals surface area (Å²) in [4.78, 5) is 19.3. The first kappa shape index (κ1) is 18.5. The summed E-state index contributed by atoms with van der Waals surface area (Å²) in [6, 6.07) is 19.5. The fourth-order valence-electron chi connectivity index (χ4n) is 2.98. The Morgan fingerprint density at radius 1 is 1.07 bits per heavy atom. The first-order valence-electron chi connectivity index (χ1n) is 9.31. The van der Waals surface area contributed by atoms with Crippen LogP contribution in [-0.4, -0.2) is 34.6 Å². The maximum atomic E-state index is 12.7. The molecule has 0 fully saturated rings. The van der Waals surface area contributed by atoms with Gasteiger partial charge in [-0.25, -0.2) is 9.50 Å². The van der Waals surface area contributed by atoms with Gasteiger partial charge in [0.2, 0.25) is 0 Å². The minimum absolute atomic E-state index is 0.241. The molecule has 2 aromatic heterocycles. The standard InChI is InChI=1S/C22H22N6O/c1-27(2)18-10-6-7-16(13-18)14-23-20-11-12-28-21(26-20)19(15-24-28)22(29)25-17-8-4-3-5-9-17/h3-13,15H,14H2,1-2H3,(H,23,26)(H,25,29). The van der Waals surface area contributed by atoms with Crippen LogP contribution in [0.25, 0.3) is 5.65 Å². The minimum atomic E-state index is -0.241. The second-order valence-electron chi connectivity index (χ2n) is 6.88. The average molecular weight is 386 g/mol. The Kier molecular flexibility index (Phi) is 5.11. The number of rotatable bonds is 6. The number of nitrogens with one attached hydrogen (secondary N) is 2.